The molecule has 21 heavy (non-hydrogen) atoms. The first-order valence-corrected chi connectivity index (χ1v) is 8.26. The molecule has 1 aromatic carbocycles. The molecule has 1 saturated carbocycles. The molecule has 2 aliphatic rings. The number of fused-ring (bicyclic) bond motifs is 1. The van der Waals surface area contributed by atoms with Gasteiger partial charge in [0.25, 0.3) is 0 Å². The Hall–Kier alpha value is -1.51. The lowest BCUT2D eigenvalue weighted by Crippen LogP contribution is -2.36. The van der Waals surface area contributed by atoms with Gasteiger partial charge in [-0.05, 0) is 55.7 Å². The first kappa shape index (κ1) is 14.4. The summed E-state index contributed by atoms with van der Waals surface area (Å²) in [6.45, 7) is 0. The number of rotatable bonds is 4. The number of carbonyl (C=O) groups is 1. The van der Waals surface area contributed by atoms with Crippen LogP contribution < -0.4 is 4.74 Å². The summed E-state index contributed by atoms with van der Waals surface area (Å²) >= 11 is 0. The standard InChI is InChI=1S/C18H24O3/c19-18(20)17(14-8-2-1-3-9-14)21-16-12-6-10-13-7-4-5-11-15(13)16/h6,10,12,14,17H,1-5,7-9,11H2,(H,19,20). The Balaban J connectivity index is 1.81. The monoisotopic (exact) mass is 288 g/mol. The van der Waals surface area contributed by atoms with Gasteiger partial charge in [-0.2, -0.15) is 0 Å². The average Bonchev–Trinajstić information content (AvgIpc) is 2.53. The molecule has 1 fully saturated rings. The van der Waals surface area contributed by atoms with Crippen molar-refractivity contribution in [1.29, 1.82) is 0 Å². The fourth-order valence-corrected chi connectivity index (χ4v) is 3.78. The predicted molar refractivity (Wildman–Crippen MR) is 81.7 cm³/mol. The molecule has 1 unspecified atom stereocenters. The smallest absolute Gasteiger partial charge is 0.345 e. The topological polar surface area (TPSA) is 46.5 Å². The lowest BCUT2D eigenvalue weighted by atomic mass is 9.85. The minimum Gasteiger partial charge on any atom is -0.478 e. The second-order valence-corrected chi connectivity index (χ2v) is 6.38. The number of hydrogen-bond acceptors (Lipinski definition) is 2. The Morgan fingerprint density at radius 2 is 1.86 bits per heavy atom. The average molecular weight is 288 g/mol. The van der Waals surface area contributed by atoms with Crippen molar-refractivity contribution in [3.05, 3.63) is 29.3 Å². The van der Waals surface area contributed by atoms with Gasteiger partial charge in [0.2, 0.25) is 0 Å². The van der Waals surface area contributed by atoms with Gasteiger partial charge >= 0.3 is 5.97 Å². The van der Waals surface area contributed by atoms with Crippen molar-refractivity contribution >= 4 is 5.97 Å². The Morgan fingerprint density at radius 1 is 1.10 bits per heavy atom. The second kappa shape index (κ2) is 6.50. The highest BCUT2D eigenvalue weighted by Gasteiger charge is 2.32. The zero-order chi connectivity index (χ0) is 14.7. The summed E-state index contributed by atoms with van der Waals surface area (Å²) in [6, 6.07) is 6.10. The Labute approximate surface area is 126 Å². The van der Waals surface area contributed by atoms with Crippen molar-refractivity contribution in [2.24, 2.45) is 5.92 Å². The highest BCUT2D eigenvalue weighted by molar-refractivity contribution is 5.73. The van der Waals surface area contributed by atoms with E-state index in [1.807, 2.05) is 12.1 Å². The molecule has 0 amide bonds. The van der Waals surface area contributed by atoms with Crippen LogP contribution in [0.3, 0.4) is 0 Å². The number of ether oxygens (including phenoxy) is 1. The van der Waals surface area contributed by atoms with E-state index in [0.717, 1.165) is 44.3 Å². The molecule has 3 nitrogen and oxygen atoms in total. The third kappa shape index (κ3) is 3.22. The Bertz CT molecular complexity index is 503. The highest BCUT2D eigenvalue weighted by atomic mass is 16.5. The van der Waals surface area contributed by atoms with Gasteiger partial charge in [0.1, 0.15) is 5.75 Å². The van der Waals surface area contributed by atoms with Crippen molar-refractivity contribution in [2.45, 2.75) is 63.9 Å². The summed E-state index contributed by atoms with van der Waals surface area (Å²) in [4.78, 5) is 11.6. The van der Waals surface area contributed by atoms with E-state index in [1.165, 1.54) is 30.4 Å². The molecule has 1 N–H and O–H groups in total. The fourth-order valence-electron chi connectivity index (χ4n) is 3.78. The third-order valence-electron chi connectivity index (χ3n) is 4.93. The normalized spacial score (nSPS) is 20.6. The maximum absolute atomic E-state index is 11.6. The predicted octanol–water partition coefficient (Wildman–Crippen LogP) is 3.98. The minimum absolute atomic E-state index is 0.163. The van der Waals surface area contributed by atoms with E-state index >= 15 is 0 Å². The van der Waals surface area contributed by atoms with Gasteiger partial charge in [0, 0.05) is 5.92 Å². The van der Waals surface area contributed by atoms with Crippen LogP contribution in [-0.2, 0) is 17.6 Å². The van der Waals surface area contributed by atoms with Gasteiger partial charge in [-0.3, -0.25) is 0 Å². The summed E-state index contributed by atoms with van der Waals surface area (Å²) in [5.41, 5.74) is 2.58. The summed E-state index contributed by atoms with van der Waals surface area (Å²) in [5.74, 6) is 0.163. The van der Waals surface area contributed by atoms with Crippen LogP contribution in [0.2, 0.25) is 0 Å². The summed E-state index contributed by atoms with van der Waals surface area (Å²) in [6.07, 6.45) is 9.27. The zero-order valence-electron chi connectivity index (χ0n) is 12.5. The van der Waals surface area contributed by atoms with E-state index < -0.39 is 12.1 Å². The molecule has 3 rings (SSSR count). The molecule has 1 atom stereocenters. The fraction of sp³-hybridized carbons (Fsp3) is 0.611. The molecule has 0 bridgehead atoms. The van der Waals surface area contributed by atoms with E-state index in [0.29, 0.717) is 0 Å². The minimum atomic E-state index is -0.810. The van der Waals surface area contributed by atoms with Crippen LogP contribution in [0.25, 0.3) is 0 Å². The largest absolute Gasteiger partial charge is 0.478 e. The number of aliphatic carboxylic acids is 1. The van der Waals surface area contributed by atoms with Crippen LogP contribution >= 0.6 is 0 Å². The number of carboxylic acid groups (broad SMARTS) is 1. The number of aryl methyl sites for hydroxylation is 1. The summed E-state index contributed by atoms with van der Waals surface area (Å²) in [5, 5.41) is 9.57. The second-order valence-electron chi connectivity index (χ2n) is 6.38. The first-order valence-electron chi connectivity index (χ1n) is 8.26. The van der Waals surface area contributed by atoms with Crippen molar-refractivity contribution < 1.29 is 14.6 Å². The molecule has 0 radical (unpaired) electrons. The number of hydrogen-bond donors (Lipinski definition) is 1. The van der Waals surface area contributed by atoms with Crippen molar-refractivity contribution in [2.75, 3.05) is 0 Å². The van der Waals surface area contributed by atoms with E-state index in [-0.39, 0.29) is 5.92 Å². The molecule has 2 aliphatic carbocycles. The summed E-state index contributed by atoms with van der Waals surface area (Å²) in [7, 11) is 0. The van der Waals surface area contributed by atoms with Gasteiger partial charge < -0.3 is 9.84 Å². The van der Waals surface area contributed by atoms with Gasteiger partial charge in [0.05, 0.1) is 0 Å². The lowest BCUT2D eigenvalue weighted by molar-refractivity contribution is -0.148. The summed E-state index contributed by atoms with van der Waals surface area (Å²) < 4.78 is 6.01. The molecule has 0 spiro atoms. The van der Waals surface area contributed by atoms with E-state index in [1.54, 1.807) is 0 Å². The lowest BCUT2D eigenvalue weighted by Gasteiger charge is -2.29. The third-order valence-corrected chi connectivity index (χ3v) is 4.93. The maximum Gasteiger partial charge on any atom is 0.345 e. The van der Waals surface area contributed by atoms with Gasteiger partial charge in [0.15, 0.2) is 6.10 Å². The molecule has 0 saturated heterocycles. The quantitative estimate of drug-likeness (QED) is 0.911. The van der Waals surface area contributed by atoms with Crippen molar-refractivity contribution in [3.8, 4) is 5.75 Å². The zero-order valence-corrected chi connectivity index (χ0v) is 12.5. The Morgan fingerprint density at radius 3 is 2.62 bits per heavy atom. The Kier molecular flexibility index (Phi) is 4.47. The van der Waals surface area contributed by atoms with E-state index in [9.17, 15) is 9.90 Å². The number of carboxylic acids is 1. The molecule has 0 aliphatic heterocycles. The first-order chi connectivity index (χ1) is 10.3. The van der Waals surface area contributed by atoms with Crippen molar-refractivity contribution in [3.63, 3.8) is 0 Å². The molecular formula is C18H24O3. The van der Waals surface area contributed by atoms with Crippen LogP contribution in [0.1, 0.15) is 56.1 Å². The SMILES string of the molecule is O=C(O)C(Oc1cccc2c1CCCC2)C1CCCCC1. The van der Waals surface area contributed by atoms with Crippen LogP contribution in [0.4, 0.5) is 0 Å². The van der Waals surface area contributed by atoms with Gasteiger partial charge in [-0.1, -0.05) is 31.4 Å². The van der Waals surface area contributed by atoms with Crippen LogP contribution in [0, 0.1) is 5.92 Å². The molecule has 3 heteroatoms. The van der Waals surface area contributed by atoms with Crippen molar-refractivity contribution in [1.82, 2.24) is 0 Å². The number of benzene rings is 1. The van der Waals surface area contributed by atoms with Crippen LogP contribution in [0.15, 0.2) is 18.2 Å². The highest BCUT2D eigenvalue weighted by Crippen LogP contribution is 2.33. The molecule has 114 valence electrons. The van der Waals surface area contributed by atoms with E-state index in [4.69, 9.17) is 4.74 Å². The molecular weight excluding hydrogens is 264 g/mol. The van der Waals surface area contributed by atoms with E-state index in [2.05, 4.69) is 6.07 Å². The molecule has 1 aromatic rings. The maximum atomic E-state index is 11.6. The van der Waals surface area contributed by atoms with Crippen LogP contribution in [0.5, 0.6) is 5.75 Å². The molecule has 0 heterocycles. The van der Waals surface area contributed by atoms with Gasteiger partial charge in [-0.15, -0.1) is 0 Å². The molecule has 0 aromatic heterocycles. The van der Waals surface area contributed by atoms with Crippen LogP contribution in [-0.4, -0.2) is 17.2 Å². The van der Waals surface area contributed by atoms with Gasteiger partial charge in [-0.25, -0.2) is 4.79 Å².